The van der Waals surface area contributed by atoms with E-state index in [1.807, 2.05) is 45.9 Å². The molecule has 2 N–H and O–H groups in total. The molecule has 1 rings (SSSR count). The van der Waals surface area contributed by atoms with Gasteiger partial charge >= 0.3 is 5.97 Å². The van der Waals surface area contributed by atoms with Crippen LogP contribution in [0, 0.1) is 0 Å². The summed E-state index contributed by atoms with van der Waals surface area (Å²) < 4.78 is 5.31. The van der Waals surface area contributed by atoms with Gasteiger partial charge in [0, 0.05) is 6.04 Å². The molecule has 102 valence electrons. The third kappa shape index (κ3) is 5.07. The standard InChI is InChI=1S/C14H21NO2.ClH/c1-5-12(15)10-7-6-8-11(9-10)13(16)17-14(2,3)4;/h6-9,12H,5,15H2,1-4H3;1H. The van der Waals surface area contributed by atoms with Crippen molar-refractivity contribution < 1.29 is 9.53 Å². The first-order valence-electron chi connectivity index (χ1n) is 5.92. The predicted octanol–water partition coefficient (Wildman–Crippen LogP) is 3.47. The number of benzene rings is 1. The molecule has 18 heavy (non-hydrogen) atoms. The molecule has 0 aliphatic heterocycles. The molecule has 0 amide bonds. The summed E-state index contributed by atoms with van der Waals surface area (Å²) in [4.78, 5) is 11.9. The lowest BCUT2D eigenvalue weighted by atomic mass is 10.0. The molecule has 0 saturated heterocycles. The second-order valence-electron chi connectivity index (χ2n) is 5.14. The molecule has 0 saturated carbocycles. The van der Waals surface area contributed by atoms with Gasteiger partial charge in [-0.05, 0) is 44.9 Å². The quantitative estimate of drug-likeness (QED) is 0.857. The van der Waals surface area contributed by atoms with Crippen molar-refractivity contribution in [3.05, 3.63) is 35.4 Å². The SMILES string of the molecule is CCC(N)c1cccc(C(=O)OC(C)(C)C)c1.Cl. The molecule has 3 nitrogen and oxygen atoms in total. The first-order chi connectivity index (χ1) is 7.83. The van der Waals surface area contributed by atoms with E-state index in [4.69, 9.17) is 10.5 Å². The normalized spacial score (nSPS) is 12.5. The van der Waals surface area contributed by atoms with Gasteiger partial charge in [0.1, 0.15) is 5.60 Å². The molecule has 1 aromatic carbocycles. The minimum absolute atomic E-state index is 0. The van der Waals surface area contributed by atoms with Crippen LogP contribution in [0.4, 0.5) is 0 Å². The molecule has 0 heterocycles. The highest BCUT2D eigenvalue weighted by atomic mass is 35.5. The van der Waals surface area contributed by atoms with Crippen molar-refractivity contribution >= 4 is 18.4 Å². The lowest BCUT2D eigenvalue weighted by Gasteiger charge is -2.20. The second kappa shape index (κ2) is 6.76. The van der Waals surface area contributed by atoms with Crippen LogP contribution in [0.5, 0.6) is 0 Å². The molecule has 0 radical (unpaired) electrons. The van der Waals surface area contributed by atoms with Crippen molar-refractivity contribution in [1.29, 1.82) is 0 Å². The summed E-state index contributed by atoms with van der Waals surface area (Å²) in [6, 6.07) is 7.30. The summed E-state index contributed by atoms with van der Waals surface area (Å²) in [6.45, 7) is 7.58. The van der Waals surface area contributed by atoms with Crippen LogP contribution in [0.15, 0.2) is 24.3 Å². The van der Waals surface area contributed by atoms with Crippen LogP contribution in [0.3, 0.4) is 0 Å². The van der Waals surface area contributed by atoms with Gasteiger partial charge in [0.05, 0.1) is 5.56 Å². The molecule has 1 atom stereocenters. The van der Waals surface area contributed by atoms with Gasteiger partial charge in [0.15, 0.2) is 0 Å². The lowest BCUT2D eigenvalue weighted by molar-refractivity contribution is 0.00694. The maximum Gasteiger partial charge on any atom is 0.338 e. The minimum atomic E-state index is -0.472. The lowest BCUT2D eigenvalue weighted by Crippen LogP contribution is -2.24. The van der Waals surface area contributed by atoms with E-state index in [0.29, 0.717) is 5.56 Å². The summed E-state index contributed by atoms with van der Waals surface area (Å²) in [5, 5.41) is 0. The number of nitrogens with two attached hydrogens (primary N) is 1. The maximum atomic E-state index is 11.9. The van der Waals surface area contributed by atoms with E-state index in [-0.39, 0.29) is 24.4 Å². The molecule has 0 aromatic heterocycles. The Morgan fingerprint density at radius 1 is 1.39 bits per heavy atom. The number of hydrogen-bond donors (Lipinski definition) is 1. The average Bonchev–Trinajstić information content (AvgIpc) is 2.26. The zero-order valence-electron chi connectivity index (χ0n) is 11.4. The highest BCUT2D eigenvalue weighted by Gasteiger charge is 2.18. The maximum absolute atomic E-state index is 11.9. The van der Waals surface area contributed by atoms with Crippen LogP contribution < -0.4 is 5.73 Å². The first-order valence-corrected chi connectivity index (χ1v) is 5.92. The Morgan fingerprint density at radius 2 is 2.00 bits per heavy atom. The fraction of sp³-hybridized carbons (Fsp3) is 0.500. The van der Waals surface area contributed by atoms with E-state index in [2.05, 4.69) is 0 Å². The van der Waals surface area contributed by atoms with E-state index in [1.54, 1.807) is 6.07 Å². The molecule has 0 aliphatic carbocycles. The highest BCUT2D eigenvalue weighted by molar-refractivity contribution is 5.89. The van der Waals surface area contributed by atoms with Gasteiger partial charge in [0.2, 0.25) is 0 Å². The highest BCUT2D eigenvalue weighted by Crippen LogP contribution is 2.17. The molecule has 0 bridgehead atoms. The van der Waals surface area contributed by atoms with E-state index in [9.17, 15) is 4.79 Å². The third-order valence-electron chi connectivity index (χ3n) is 2.39. The Hall–Kier alpha value is -1.06. The molecule has 0 aliphatic rings. The number of ether oxygens (including phenoxy) is 1. The second-order valence-corrected chi connectivity index (χ2v) is 5.14. The van der Waals surface area contributed by atoms with Crippen molar-refractivity contribution in [2.45, 2.75) is 45.8 Å². The minimum Gasteiger partial charge on any atom is -0.456 e. The van der Waals surface area contributed by atoms with Gasteiger partial charge in [-0.15, -0.1) is 12.4 Å². The molecule has 4 heteroatoms. The molecule has 0 spiro atoms. The zero-order valence-corrected chi connectivity index (χ0v) is 12.2. The largest absolute Gasteiger partial charge is 0.456 e. The summed E-state index contributed by atoms with van der Waals surface area (Å²) in [7, 11) is 0. The van der Waals surface area contributed by atoms with Gasteiger partial charge in [-0.1, -0.05) is 19.1 Å². The van der Waals surface area contributed by atoms with E-state index < -0.39 is 5.60 Å². The fourth-order valence-corrected chi connectivity index (χ4v) is 1.47. The monoisotopic (exact) mass is 271 g/mol. The average molecular weight is 272 g/mol. The van der Waals surface area contributed by atoms with Crippen LogP contribution in [-0.2, 0) is 4.74 Å². The fourth-order valence-electron chi connectivity index (χ4n) is 1.47. The van der Waals surface area contributed by atoms with Crippen LogP contribution in [0.25, 0.3) is 0 Å². The summed E-state index contributed by atoms with van der Waals surface area (Å²) >= 11 is 0. The topological polar surface area (TPSA) is 52.3 Å². The van der Waals surface area contributed by atoms with Crippen molar-refractivity contribution in [1.82, 2.24) is 0 Å². The predicted molar refractivity (Wildman–Crippen MR) is 76.1 cm³/mol. The third-order valence-corrected chi connectivity index (χ3v) is 2.39. The zero-order chi connectivity index (χ0) is 13.1. The van der Waals surface area contributed by atoms with Crippen LogP contribution in [-0.4, -0.2) is 11.6 Å². The number of halogens is 1. The number of rotatable bonds is 3. The van der Waals surface area contributed by atoms with Crippen LogP contribution in [0.1, 0.15) is 56.1 Å². The van der Waals surface area contributed by atoms with E-state index in [1.165, 1.54) is 0 Å². The smallest absolute Gasteiger partial charge is 0.338 e. The van der Waals surface area contributed by atoms with Crippen LogP contribution >= 0.6 is 12.4 Å². The Balaban J connectivity index is 0.00000289. The molecule has 1 aromatic rings. The van der Waals surface area contributed by atoms with Gasteiger partial charge < -0.3 is 10.5 Å². The van der Waals surface area contributed by atoms with Gasteiger partial charge in [0.25, 0.3) is 0 Å². The van der Waals surface area contributed by atoms with Crippen molar-refractivity contribution in [3.8, 4) is 0 Å². The number of carbonyl (C=O) groups excluding carboxylic acids is 1. The van der Waals surface area contributed by atoms with Crippen molar-refractivity contribution in [2.24, 2.45) is 5.73 Å². The van der Waals surface area contributed by atoms with Gasteiger partial charge in [-0.3, -0.25) is 0 Å². The number of carbonyl (C=O) groups is 1. The molecular formula is C14H22ClNO2. The van der Waals surface area contributed by atoms with Crippen molar-refractivity contribution in [3.63, 3.8) is 0 Å². The Morgan fingerprint density at radius 3 is 2.50 bits per heavy atom. The molecule has 0 fully saturated rings. The van der Waals surface area contributed by atoms with Gasteiger partial charge in [-0.25, -0.2) is 4.79 Å². The number of hydrogen-bond acceptors (Lipinski definition) is 3. The Bertz CT molecular complexity index is 399. The van der Waals surface area contributed by atoms with Gasteiger partial charge in [-0.2, -0.15) is 0 Å². The first kappa shape index (κ1) is 16.9. The summed E-state index contributed by atoms with van der Waals surface area (Å²) in [5.74, 6) is -0.303. The van der Waals surface area contributed by atoms with Crippen LogP contribution in [0.2, 0.25) is 0 Å². The van der Waals surface area contributed by atoms with E-state index >= 15 is 0 Å². The summed E-state index contributed by atoms with van der Waals surface area (Å²) in [6.07, 6.45) is 0.845. The molecular weight excluding hydrogens is 250 g/mol. The summed E-state index contributed by atoms with van der Waals surface area (Å²) in [5.41, 5.74) is 6.99. The Labute approximate surface area is 115 Å². The van der Waals surface area contributed by atoms with Crippen molar-refractivity contribution in [2.75, 3.05) is 0 Å². The van der Waals surface area contributed by atoms with E-state index in [0.717, 1.165) is 12.0 Å². The Kier molecular flexibility index (Phi) is 6.36. The number of esters is 1. The molecule has 1 unspecified atom stereocenters.